The van der Waals surface area contributed by atoms with Crippen LogP contribution in [0.1, 0.15) is 22.3 Å². The first-order valence-corrected chi connectivity index (χ1v) is 11.6. The van der Waals surface area contributed by atoms with E-state index < -0.39 is 0 Å². The van der Waals surface area contributed by atoms with E-state index in [9.17, 15) is 4.79 Å². The fraction of sp³-hybridized carbons (Fsp3) is 0.207. The van der Waals surface area contributed by atoms with Gasteiger partial charge in [-0.1, -0.05) is 84.4 Å². The van der Waals surface area contributed by atoms with Crippen LogP contribution in [0.5, 0.6) is 0 Å². The van der Waals surface area contributed by atoms with Crippen LogP contribution in [0.4, 0.5) is 0 Å². The molecule has 33 heavy (non-hydrogen) atoms. The van der Waals surface area contributed by atoms with Crippen molar-refractivity contribution in [3.8, 4) is 11.1 Å². The van der Waals surface area contributed by atoms with Crippen molar-refractivity contribution in [2.75, 3.05) is 20.2 Å². The summed E-state index contributed by atoms with van der Waals surface area (Å²) >= 11 is 6.35. The summed E-state index contributed by atoms with van der Waals surface area (Å²) in [4.78, 5) is 15.9. The number of carbonyl (C=O) groups excluding carboxylic acids is 1. The van der Waals surface area contributed by atoms with Crippen LogP contribution >= 0.6 is 11.6 Å². The average molecular weight is 458 g/mol. The molecule has 0 saturated heterocycles. The second kappa shape index (κ2) is 11.0. The highest BCUT2D eigenvalue weighted by Gasteiger charge is 2.23. The standard InChI is InChI=1S/C29H28ClNO2/c1-33-26-14-8-11-23(19-26)21-31(18-17-22-9-4-2-5-10-22)29(32)28-20-25(30)15-16-27(28)24-12-6-3-7-13-24/h2-10,12-16,19-20,23H,11,17-18,21H2,1H3. The molecule has 0 N–H and O–H groups in total. The second-order valence-corrected chi connectivity index (χ2v) is 8.65. The maximum Gasteiger partial charge on any atom is 0.254 e. The molecule has 0 radical (unpaired) electrons. The van der Waals surface area contributed by atoms with E-state index in [-0.39, 0.29) is 11.8 Å². The van der Waals surface area contributed by atoms with Crippen molar-refractivity contribution in [2.24, 2.45) is 5.92 Å². The SMILES string of the molecule is COC1=CC(CN(CCc2ccccc2)C(=O)c2cc(Cl)ccc2-c2ccccc2)CC=C1. The Morgan fingerprint density at radius 2 is 1.76 bits per heavy atom. The zero-order valence-corrected chi connectivity index (χ0v) is 19.5. The third-order valence-electron chi connectivity index (χ3n) is 5.91. The van der Waals surface area contributed by atoms with Crippen LogP contribution < -0.4 is 0 Å². The lowest BCUT2D eigenvalue weighted by molar-refractivity contribution is 0.0740. The molecule has 3 aromatic carbocycles. The number of carbonyl (C=O) groups is 1. The van der Waals surface area contributed by atoms with Crippen molar-refractivity contribution >= 4 is 17.5 Å². The molecule has 0 heterocycles. The summed E-state index contributed by atoms with van der Waals surface area (Å²) in [5, 5.41) is 0.559. The maximum atomic E-state index is 13.9. The lowest BCUT2D eigenvalue weighted by Gasteiger charge is -2.28. The van der Waals surface area contributed by atoms with Gasteiger partial charge in [-0.25, -0.2) is 0 Å². The molecule has 3 aromatic rings. The van der Waals surface area contributed by atoms with E-state index >= 15 is 0 Å². The number of benzene rings is 3. The third-order valence-corrected chi connectivity index (χ3v) is 6.14. The molecule has 1 aliphatic rings. The summed E-state index contributed by atoms with van der Waals surface area (Å²) < 4.78 is 5.42. The molecule has 4 heteroatoms. The van der Waals surface area contributed by atoms with Crippen LogP contribution in [0.2, 0.25) is 5.02 Å². The van der Waals surface area contributed by atoms with Gasteiger partial charge in [0.2, 0.25) is 0 Å². The van der Waals surface area contributed by atoms with Crippen molar-refractivity contribution in [3.05, 3.63) is 119 Å². The molecular weight excluding hydrogens is 430 g/mol. The van der Waals surface area contributed by atoms with Crippen LogP contribution in [-0.4, -0.2) is 31.0 Å². The lowest BCUT2D eigenvalue weighted by atomic mass is 9.96. The van der Waals surface area contributed by atoms with Gasteiger partial charge in [-0.2, -0.15) is 0 Å². The Bertz CT molecular complexity index is 1140. The zero-order valence-electron chi connectivity index (χ0n) is 18.8. The predicted octanol–water partition coefficient (Wildman–Crippen LogP) is 6.80. The van der Waals surface area contributed by atoms with Crippen molar-refractivity contribution in [1.29, 1.82) is 0 Å². The summed E-state index contributed by atoms with van der Waals surface area (Å²) in [6, 6.07) is 25.8. The third kappa shape index (κ3) is 5.94. The molecule has 0 spiro atoms. The minimum atomic E-state index is -0.00537. The van der Waals surface area contributed by atoms with E-state index in [1.807, 2.05) is 71.6 Å². The summed E-state index contributed by atoms with van der Waals surface area (Å²) in [7, 11) is 1.68. The van der Waals surface area contributed by atoms with Gasteiger partial charge >= 0.3 is 0 Å². The molecule has 3 nitrogen and oxygen atoms in total. The van der Waals surface area contributed by atoms with Gasteiger partial charge in [-0.05, 0) is 53.8 Å². The van der Waals surface area contributed by atoms with E-state index in [4.69, 9.17) is 16.3 Å². The van der Waals surface area contributed by atoms with E-state index in [1.54, 1.807) is 13.2 Å². The van der Waals surface area contributed by atoms with Crippen LogP contribution in [-0.2, 0) is 11.2 Å². The van der Waals surface area contributed by atoms with Gasteiger partial charge in [0.15, 0.2) is 0 Å². The average Bonchev–Trinajstić information content (AvgIpc) is 2.87. The van der Waals surface area contributed by atoms with Gasteiger partial charge in [0.05, 0.1) is 7.11 Å². The number of hydrogen-bond donors (Lipinski definition) is 0. The number of hydrogen-bond acceptors (Lipinski definition) is 2. The maximum absolute atomic E-state index is 13.9. The first-order valence-electron chi connectivity index (χ1n) is 11.2. The molecule has 0 fully saturated rings. The highest BCUT2D eigenvalue weighted by Crippen LogP contribution is 2.28. The lowest BCUT2D eigenvalue weighted by Crippen LogP contribution is -2.37. The molecular formula is C29H28ClNO2. The first-order chi connectivity index (χ1) is 16.1. The van der Waals surface area contributed by atoms with Crippen molar-refractivity contribution in [2.45, 2.75) is 12.8 Å². The Kier molecular flexibility index (Phi) is 7.64. The van der Waals surface area contributed by atoms with Gasteiger partial charge in [0.25, 0.3) is 5.91 Å². The number of nitrogens with zero attached hydrogens (tertiary/aromatic N) is 1. The number of rotatable bonds is 8. The van der Waals surface area contributed by atoms with Crippen LogP contribution in [0, 0.1) is 5.92 Å². The quantitative estimate of drug-likeness (QED) is 0.372. The predicted molar refractivity (Wildman–Crippen MR) is 135 cm³/mol. The number of amides is 1. The molecule has 1 atom stereocenters. The Balaban J connectivity index is 1.65. The topological polar surface area (TPSA) is 29.5 Å². The smallest absolute Gasteiger partial charge is 0.254 e. The molecule has 0 aromatic heterocycles. The summed E-state index contributed by atoms with van der Waals surface area (Å²) in [6.07, 6.45) is 7.87. The van der Waals surface area contributed by atoms with Gasteiger partial charge in [-0.15, -0.1) is 0 Å². The molecule has 1 aliphatic carbocycles. The zero-order chi connectivity index (χ0) is 23.0. The molecule has 0 bridgehead atoms. The monoisotopic (exact) mass is 457 g/mol. The molecule has 0 aliphatic heterocycles. The molecule has 168 valence electrons. The number of allylic oxidation sites excluding steroid dienone is 2. The summed E-state index contributed by atoms with van der Waals surface area (Å²) in [5.41, 5.74) is 3.74. The first kappa shape index (κ1) is 22.9. The largest absolute Gasteiger partial charge is 0.497 e. The Labute approximate surface area is 201 Å². The molecule has 1 amide bonds. The second-order valence-electron chi connectivity index (χ2n) is 8.21. The molecule has 0 saturated carbocycles. The molecule has 1 unspecified atom stereocenters. The normalized spacial score (nSPS) is 15.1. The summed E-state index contributed by atoms with van der Waals surface area (Å²) in [6.45, 7) is 1.24. The van der Waals surface area contributed by atoms with Gasteiger partial charge in [0.1, 0.15) is 5.76 Å². The van der Waals surface area contributed by atoms with Crippen molar-refractivity contribution in [3.63, 3.8) is 0 Å². The minimum Gasteiger partial charge on any atom is -0.497 e. The van der Waals surface area contributed by atoms with Crippen LogP contribution in [0.3, 0.4) is 0 Å². The molecule has 4 rings (SSSR count). The fourth-order valence-electron chi connectivity index (χ4n) is 4.18. The van der Waals surface area contributed by atoms with E-state index in [2.05, 4.69) is 24.3 Å². The fourth-order valence-corrected chi connectivity index (χ4v) is 4.35. The van der Waals surface area contributed by atoms with Gasteiger partial charge in [0, 0.05) is 29.6 Å². The number of methoxy groups -OCH3 is 1. The van der Waals surface area contributed by atoms with Crippen molar-refractivity contribution in [1.82, 2.24) is 4.90 Å². The Hall–Kier alpha value is -3.30. The Morgan fingerprint density at radius 1 is 1.03 bits per heavy atom. The van der Waals surface area contributed by atoms with Crippen LogP contribution in [0.15, 0.2) is 103 Å². The number of ether oxygens (including phenoxy) is 1. The van der Waals surface area contributed by atoms with Gasteiger partial charge in [-0.3, -0.25) is 4.79 Å². The van der Waals surface area contributed by atoms with E-state index in [1.165, 1.54) is 5.56 Å². The van der Waals surface area contributed by atoms with E-state index in [0.717, 1.165) is 29.7 Å². The Morgan fingerprint density at radius 3 is 2.48 bits per heavy atom. The van der Waals surface area contributed by atoms with Gasteiger partial charge < -0.3 is 9.64 Å². The minimum absolute atomic E-state index is 0.00537. The highest BCUT2D eigenvalue weighted by molar-refractivity contribution is 6.31. The number of halogens is 1. The highest BCUT2D eigenvalue weighted by atomic mass is 35.5. The van der Waals surface area contributed by atoms with Crippen LogP contribution in [0.25, 0.3) is 11.1 Å². The van der Waals surface area contributed by atoms with E-state index in [0.29, 0.717) is 23.7 Å². The summed E-state index contributed by atoms with van der Waals surface area (Å²) in [5.74, 6) is 1.03. The van der Waals surface area contributed by atoms with Crippen molar-refractivity contribution < 1.29 is 9.53 Å².